The lowest BCUT2D eigenvalue weighted by Gasteiger charge is -2.07. The minimum absolute atomic E-state index is 0.159. The van der Waals surface area contributed by atoms with Gasteiger partial charge < -0.3 is 4.74 Å². The van der Waals surface area contributed by atoms with Gasteiger partial charge >= 0.3 is 0 Å². The van der Waals surface area contributed by atoms with Crippen LogP contribution in [0.2, 0.25) is 0 Å². The van der Waals surface area contributed by atoms with E-state index >= 15 is 0 Å². The summed E-state index contributed by atoms with van der Waals surface area (Å²) in [4.78, 5) is 12.0. The summed E-state index contributed by atoms with van der Waals surface area (Å²) < 4.78 is 5.35. The molecule has 0 saturated carbocycles. The molecular weight excluding hydrogens is 276 g/mol. The van der Waals surface area contributed by atoms with Crippen LogP contribution in [-0.4, -0.2) is 17.7 Å². The van der Waals surface area contributed by atoms with Crippen LogP contribution in [0.1, 0.15) is 12.5 Å². The number of rotatable bonds is 5. The van der Waals surface area contributed by atoms with Crippen LogP contribution in [0.15, 0.2) is 23.1 Å². The highest BCUT2D eigenvalue weighted by atomic mass is 79.9. The molecule has 0 amide bonds. The Balaban J connectivity index is 2.77. The normalized spacial score (nSPS) is 10.1. The van der Waals surface area contributed by atoms with Crippen molar-refractivity contribution in [3.63, 3.8) is 0 Å². The molecule has 0 heterocycles. The number of hydrogen-bond donors (Lipinski definition) is 1. The number of alkyl halides is 1. The van der Waals surface area contributed by atoms with E-state index in [1.807, 2.05) is 25.1 Å². The van der Waals surface area contributed by atoms with Gasteiger partial charge in [-0.05, 0) is 24.6 Å². The molecule has 15 heavy (non-hydrogen) atoms. The lowest BCUT2D eigenvalue weighted by molar-refractivity contribution is -0.115. The van der Waals surface area contributed by atoms with Crippen molar-refractivity contribution in [2.75, 3.05) is 11.9 Å². The molecule has 0 atom stereocenters. The van der Waals surface area contributed by atoms with Crippen molar-refractivity contribution < 1.29 is 9.53 Å². The van der Waals surface area contributed by atoms with Crippen molar-refractivity contribution in [2.24, 2.45) is 0 Å². The van der Waals surface area contributed by atoms with Gasteiger partial charge in [0.05, 0.1) is 11.9 Å². The SMILES string of the molecule is CCOc1ccc(CC(=O)CBr)cc1S. The van der Waals surface area contributed by atoms with Gasteiger partial charge in [0.15, 0.2) is 0 Å². The number of halogens is 1. The van der Waals surface area contributed by atoms with E-state index in [0.29, 0.717) is 18.4 Å². The molecule has 0 radical (unpaired) electrons. The van der Waals surface area contributed by atoms with Gasteiger partial charge in [0.25, 0.3) is 0 Å². The van der Waals surface area contributed by atoms with E-state index in [1.165, 1.54) is 0 Å². The number of carbonyl (C=O) groups is 1. The highest BCUT2D eigenvalue weighted by molar-refractivity contribution is 9.09. The topological polar surface area (TPSA) is 26.3 Å². The molecule has 4 heteroatoms. The number of carbonyl (C=O) groups excluding carboxylic acids is 1. The van der Waals surface area contributed by atoms with Crippen LogP contribution in [0.3, 0.4) is 0 Å². The molecule has 0 bridgehead atoms. The fraction of sp³-hybridized carbons (Fsp3) is 0.364. The largest absolute Gasteiger partial charge is 0.493 e. The minimum atomic E-state index is 0.159. The Morgan fingerprint density at radius 3 is 2.80 bits per heavy atom. The van der Waals surface area contributed by atoms with Crippen LogP contribution in [0.25, 0.3) is 0 Å². The van der Waals surface area contributed by atoms with Crippen LogP contribution >= 0.6 is 28.6 Å². The van der Waals surface area contributed by atoms with E-state index in [-0.39, 0.29) is 5.78 Å². The Bertz CT molecular complexity index is 352. The van der Waals surface area contributed by atoms with Crippen molar-refractivity contribution in [1.82, 2.24) is 0 Å². The molecular formula is C11H13BrO2S. The van der Waals surface area contributed by atoms with E-state index in [4.69, 9.17) is 4.74 Å². The van der Waals surface area contributed by atoms with Gasteiger partial charge in [-0.3, -0.25) is 4.79 Å². The van der Waals surface area contributed by atoms with Gasteiger partial charge in [-0.15, -0.1) is 12.6 Å². The van der Waals surface area contributed by atoms with Gasteiger partial charge in [0.2, 0.25) is 0 Å². The molecule has 2 nitrogen and oxygen atoms in total. The average Bonchev–Trinajstić information content (AvgIpc) is 2.22. The lowest BCUT2D eigenvalue weighted by atomic mass is 10.1. The first kappa shape index (κ1) is 12.6. The molecule has 1 aromatic carbocycles. The Kier molecular flexibility index (Phi) is 5.19. The summed E-state index contributed by atoms with van der Waals surface area (Å²) in [6.45, 7) is 2.54. The molecule has 82 valence electrons. The first-order valence-electron chi connectivity index (χ1n) is 4.69. The molecule has 0 fully saturated rings. The summed E-state index contributed by atoms with van der Waals surface area (Å²) in [6, 6.07) is 5.61. The van der Waals surface area contributed by atoms with Crippen molar-refractivity contribution in [2.45, 2.75) is 18.2 Å². The van der Waals surface area contributed by atoms with E-state index < -0.39 is 0 Å². The summed E-state index contributed by atoms with van der Waals surface area (Å²) in [7, 11) is 0. The number of thiol groups is 1. The average molecular weight is 289 g/mol. The zero-order chi connectivity index (χ0) is 11.3. The second-order valence-electron chi connectivity index (χ2n) is 3.08. The zero-order valence-electron chi connectivity index (χ0n) is 8.50. The quantitative estimate of drug-likeness (QED) is 0.666. The monoisotopic (exact) mass is 288 g/mol. The first-order chi connectivity index (χ1) is 7.17. The van der Waals surface area contributed by atoms with Gasteiger partial charge in [0.1, 0.15) is 11.5 Å². The standard InChI is InChI=1S/C11H13BrO2S/c1-2-14-10-4-3-8(6-11(10)15)5-9(13)7-12/h3-4,6,15H,2,5,7H2,1H3. The Hall–Kier alpha value is -0.480. The number of benzene rings is 1. The van der Waals surface area contributed by atoms with Crippen LogP contribution in [0, 0.1) is 0 Å². The third kappa shape index (κ3) is 3.87. The van der Waals surface area contributed by atoms with Crippen LogP contribution in [0.4, 0.5) is 0 Å². The second kappa shape index (κ2) is 6.18. The van der Waals surface area contributed by atoms with Crippen LogP contribution in [-0.2, 0) is 11.2 Å². The highest BCUT2D eigenvalue weighted by Crippen LogP contribution is 2.24. The predicted octanol–water partition coefficient (Wildman–Crippen LogP) is 2.88. The smallest absolute Gasteiger partial charge is 0.147 e. The zero-order valence-corrected chi connectivity index (χ0v) is 11.0. The second-order valence-corrected chi connectivity index (χ2v) is 4.13. The first-order valence-corrected chi connectivity index (χ1v) is 6.26. The summed E-state index contributed by atoms with van der Waals surface area (Å²) in [6.07, 6.45) is 0.436. The van der Waals surface area contributed by atoms with Gasteiger partial charge in [-0.25, -0.2) is 0 Å². The number of hydrogen-bond acceptors (Lipinski definition) is 3. The molecule has 1 aromatic rings. The lowest BCUT2D eigenvalue weighted by Crippen LogP contribution is -2.03. The van der Waals surface area contributed by atoms with E-state index in [1.54, 1.807) is 0 Å². The summed E-state index contributed by atoms with van der Waals surface area (Å²) in [5.74, 6) is 0.919. The predicted molar refractivity (Wildman–Crippen MR) is 67.4 cm³/mol. The molecule has 0 N–H and O–H groups in total. The van der Waals surface area contributed by atoms with Gasteiger partial charge in [0, 0.05) is 11.3 Å². The van der Waals surface area contributed by atoms with Crippen molar-refractivity contribution in [3.8, 4) is 5.75 Å². The Labute approximate surface area is 104 Å². The molecule has 0 saturated heterocycles. The van der Waals surface area contributed by atoms with Crippen molar-refractivity contribution >= 4 is 34.3 Å². The number of ether oxygens (including phenoxy) is 1. The van der Waals surface area contributed by atoms with Crippen molar-refractivity contribution in [3.05, 3.63) is 23.8 Å². The van der Waals surface area contributed by atoms with Crippen LogP contribution < -0.4 is 4.74 Å². The summed E-state index contributed by atoms with van der Waals surface area (Å²) in [5.41, 5.74) is 0.966. The molecule has 0 aliphatic carbocycles. The van der Waals surface area contributed by atoms with E-state index in [0.717, 1.165) is 16.2 Å². The van der Waals surface area contributed by atoms with Gasteiger partial charge in [-0.1, -0.05) is 22.0 Å². The summed E-state index contributed by atoms with van der Waals surface area (Å²) >= 11 is 7.44. The third-order valence-electron chi connectivity index (χ3n) is 1.87. The molecule has 0 spiro atoms. The maximum absolute atomic E-state index is 11.2. The molecule has 0 aliphatic heterocycles. The molecule has 0 aromatic heterocycles. The maximum Gasteiger partial charge on any atom is 0.147 e. The van der Waals surface area contributed by atoms with Gasteiger partial charge in [-0.2, -0.15) is 0 Å². The fourth-order valence-electron chi connectivity index (χ4n) is 1.23. The molecule has 0 aliphatic rings. The highest BCUT2D eigenvalue weighted by Gasteiger charge is 2.05. The molecule has 0 unspecified atom stereocenters. The maximum atomic E-state index is 11.2. The van der Waals surface area contributed by atoms with Crippen LogP contribution in [0.5, 0.6) is 5.75 Å². The number of Topliss-reactive ketones (excluding diaryl/α,β-unsaturated/α-hetero) is 1. The fourth-order valence-corrected chi connectivity index (χ4v) is 1.73. The van der Waals surface area contributed by atoms with Crippen molar-refractivity contribution in [1.29, 1.82) is 0 Å². The Morgan fingerprint density at radius 2 is 2.27 bits per heavy atom. The third-order valence-corrected chi connectivity index (χ3v) is 2.85. The summed E-state index contributed by atoms with van der Waals surface area (Å²) in [5, 5.41) is 0.391. The molecule has 1 rings (SSSR count). The Morgan fingerprint density at radius 1 is 1.53 bits per heavy atom. The van der Waals surface area contributed by atoms with E-state index in [2.05, 4.69) is 28.6 Å². The van der Waals surface area contributed by atoms with E-state index in [9.17, 15) is 4.79 Å². The minimum Gasteiger partial charge on any atom is -0.493 e. The number of ketones is 1.